The van der Waals surface area contributed by atoms with E-state index in [2.05, 4.69) is 41.1 Å². The van der Waals surface area contributed by atoms with E-state index in [0.717, 1.165) is 23.7 Å². The molecule has 0 radical (unpaired) electrons. The second kappa shape index (κ2) is 6.22. The highest BCUT2D eigenvalue weighted by Gasteiger charge is 2.17. The van der Waals surface area contributed by atoms with E-state index in [4.69, 9.17) is 0 Å². The summed E-state index contributed by atoms with van der Waals surface area (Å²) in [5.74, 6) is 0.594. The number of likely N-dealkylation sites (N-methyl/N-ethyl adjacent to an activating group) is 2. The lowest BCUT2D eigenvalue weighted by molar-refractivity contribution is -0.113. The first-order valence-corrected chi connectivity index (χ1v) is 7.17. The Bertz CT molecular complexity index is 436. The van der Waals surface area contributed by atoms with Gasteiger partial charge >= 0.3 is 0 Å². The van der Waals surface area contributed by atoms with Gasteiger partial charge in [-0.3, -0.25) is 4.79 Å². The molecule has 1 atom stereocenters. The van der Waals surface area contributed by atoms with Crippen LogP contribution in [0.5, 0.6) is 0 Å². The van der Waals surface area contributed by atoms with E-state index in [-0.39, 0.29) is 11.9 Å². The molecule has 18 heavy (non-hydrogen) atoms. The summed E-state index contributed by atoms with van der Waals surface area (Å²) in [6.45, 7) is 3.93. The molecule has 3 N–H and O–H groups in total. The Morgan fingerprint density at radius 1 is 1.50 bits per heavy atom. The largest absolute Gasteiger partial charge is 0.324 e. The molecule has 1 aromatic carbocycles. The molecule has 1 heterocycles. The third-order valence-corrected chi connectivity index (χ3v) is 4.06. The van der Waals surface area contributed by atoms with Crippen molar-refractivity contribution in [2.24, 2.45) is 0 Å². The molecule has 1 aromatic rings. The van der Waals surface area contributed by atoms with E-state index in [1.165, 1.54) is 5.56 Å². The van der Waals surface area contributed by atoms with Crippen molar-refractivity contribution in [1.29, 1.82) is 0 Å². The highest BCUT2D eigenvalue weighted by atomic mass is 32.2. The number of carbonyl (C=O) groups is 1. The van der Waals surface area contributed by atoms with Crippen LogP contribution in [0.2, 0.25) is 0 Å². The summed E-state index contributed by atoms with van der Waals surface area (Å²) >= 11 is 1.59. The van der Waals surface area contributed by atoms with E-state index in [1.807, 2.05) is 7.05 Å². The lowest BCUT2D eigenvalue weighted by Gasteiger charge is -2.21. The standard InChI is InChI=1S/C13H19N3OS/c1-3-15-7-11(14-2)9-4-5-12-10(6-9)16-13(17)8-18-12/h4-6,11,14-15H,3,7-8H2,1-2H3,(H,16,17). The molecule has 0 bridgehead atoms. The third kappa shape index (κ3) is 3.04. The zero-order valence-corrected chi connectivity index (χ0v) is 11.6. The van der Waals surface area contributed by atoms with Gasteiger partial charge in [-0.1, -0.05) is 13.0 Å². The number of hydrogen-bond acceptors (Lipinski definition) is 4. The number of nitrogens with one attached hydrogen (secondary N) is 3. The molecule has 0 saturated heterocycles. The first-order chi connectivity index (χ1) is 8.74. The maximum Gasteiger partial charge on any atom is 0.234 e. The van der Waals surface area contributed by atoms with Crippen LogP contribution < -0.4 is 16.0 Å². The van der Waals surface area contributed by atoms with Crippen molar-refractivity contribution in [2.75, 3.05) is 31.2 Å². The van der Waals surface area contributed by atoms with E-state index in [0.29, 0.717) is 5.75 Å². The van der Waals surface area contributed by atoms with E-state index < -0.39 is 0 Å². The first kappa shape index (κ1) is 13.4. The van der Waals surface area contributed by atoms with Crippen LogP contribution in [0.25, 0.3) is 0 Å². The predicted octanol–water partition coefficient (Wildman–Crippen LogP) is 1.60. The van der Waals surface area contributed by atoms with Gasteiger partial charge in [0.2, 0.25) is 5.91 Å². The summed E-state index contributed by atoms with van der Waals surface area (Å²) in [7, 11) is 1.95. The Hall–Kier alpha value is -1.04. The SMILES string of the molecule is CCNCC(NC)c1ccc2c(c1)NC(=O)CS2. The fourth-order valence-corrected chi connectivity index (χ4v) is 2.78. The number of rotatable bonds is 5. The zero-order valence-electron chi connectivity index (χ0n) is 10.7. The monoisotopic (exact) mass is 265 g/mol. The molecular weight excluding hydrogens is 246 g/mol. The van der Waals surface area contributed by atoms with Crippen molar-refractivity contribution in [3.63, 3.8) is 0 Å². The summed E-state index contributed by atoms with van der Waals surface area (Å²) in [4.78, 5) is 12.5. The van der Waals surface area contributed by atoms with Crippen LogP contribution in [0.1, 0.15) is 18.5 Å². The van der Waals surface area contributed by atoms with Crippen molar-refractivity contribution in [2.45, 2.75) is 17.9 Å². The molecule has 98 valence electrons. The third-order valence-electron chi connectivity index (χ3n) is 2.99. The smallest absolute Gasteiger partial charge is 0.234 e. The molecule has 5 heteroatoms. The van der Waals surface area contributed by atoms with E-state index in [1.54, 1.807) is 11.8 Å². The number of amides is 1. The van der Waals surface area contributed by atoms with Crippen molar-refractivity contribution >= 4 is 23.4 Å². The predicted molar refractivity (Wildman–Crippen MR) is 76.1 cm³/mol. The van der Waals surface area contributed by atoms with Gasteiger partial charge < -0.3 is 16.0 Å². The van der Waals surface area contributed by atoms with Crippen LogP contribution in [0.3, 0.4) is 0 Å². The minimum Gasteiger partial charge on any atom is -0.324 e. The van der Waals surface area contributed by atoms with Crippen LogP contribution in [0, 0.1) is 0 Å². The van der Waals surface area contributed by atoms with Gasteiger partial charge in [-0.25, -0.2) is 0 Å². The first-order valence-electron chi connectivity index (χ1n) is 6.19. The van der Waals surface area contributed by atoms with Gasteiger partial charge in [-0.2, -0.15) is 0 Å². The number of anilines is 1. The van der Waals surface area contributed by atoms with E-state index >= 15 is 0 Å². The molecule has 0 aliphatic carbocycles. The Labute approximate surface area is 112 Å². The van der Waals surface area contributed by atoms with Crippen LogP contribution in [0.4, 0.5) is 5.69 Å². The van der Waals surface area contributed by atoms with Gasteiger partial charge in [0.25, 0.3) is 0 Å². The highest BCUT2D eigenvalue weighted by molar-refractivity contribution is 8.00. The molecule has 0 aromatic heterocycles. The Kier molecular flexibility index (Phi) is 4.63. The quantitative estimate of drug-likeness (QED) is 0.757. The van der Waals surface area contributed by atoms with E-state index in [9.17, 15) is 4.79 Å². The van der Waals surface area contributed by atoms with Gasteiger partial charge in [-0.15, -0.1) is 11.8 Å². The Morgan fingerprint density at radius 3 is 3.06 bits per heavy atom. The average molecular weight is 265 g/mol. The van der Waals surface area contributed by atoms with Gasteiger partial charge in [0.05, 0.1) is 11.4 Å². The van der Waals surface area contributed by atoms with Crippen LogP contribution in [-0.4, -0.2) is 31.8 Å². The molecule has 1 unspecified atom stereocenters. The number of carbonyl (C=O) groups excluding carboxylic acids is 1. The van der Waals surface area contributed by atoms with Gasteiger partial charge in [0, 0.05) is 17.5 Å². The van der Waals surface area contributed by atoms with Gasteiger partial charge in [0.1, 0.15) is 0 Å². The minimum absolute atomic E-state index is 0.0809. The maximum atomic E-state index is 11.4. The highest BCUT2D eigenvalue weighted by Crippen LogP contribution is 2.33. The van der Waals surface area contributed by atoms with Crippen molar-refractivity contribution in [3.05, 3.63) is 23.8 Å². The average Bonchev–Trinajstić information content (AvgIpc) is 2.39. The lowest BCUT2D eigenvalue weighted by atomic mass is 10.1. The fourth-order valence-electron chi connectivity index (χ4n) is 1.99. The molecular formula is C13H19N3OS. The van der Waals surface area contributed by atoms with Crippen LogP contribution >= 0.6 is 11.8 Å². The second-order valence-corrected chi connectivity index (χ2v) is 5.26. The topological polar surface area (TPSA) is 53.2 Å². The molecule has 1 aliphatic heterocycles. The van der Waals surface area contributed by atoms with Gasteiger partial charge in [0.15, 0.2) is 0 Å². The number of fused-ring (bicyclic) bond motifs is 1. The second-order valence-electron chi connectivity index (χ2n) is 4.24. The van der Waals surface area contributed by atoms with Crippen molar-refractivity contribution in [3.8, 4) is 0 Å². The Balaban J connectivity index is 2.18. The Morgan fingerprint density at radius 2 is 2.33 bits per heavy atom. The molecule has 2 rings (SSSR count). The summed E-state index contributed by atoms with van der Waals surface area (Å²) in [5.41, 5.74) is 2.13. The molecule has 0 saturated carbocycles. The normalized spacial score (nSPS) is 16.0. The molecule has 4 nitrogen and oxygen atoms in total. The maximum absolute atomic E-state index is 11.4. The van der Waals surface area contributed by atoms with Gasteiger partial charge in [-0.05, 0) is 31.3 Å². The van der Waals surface area contributed by atoms with Crippen molar-refractivity contribution in [1.82, 2.24) is 10.6 Å². The number of hydrogen-bond donors (Lipinski definition) is 3. The summed E-state index contributed by atoms with van der Waals surface area (Å²) in [5, 5.41) is 9.55. The fraction of sp³-hybridized carbons (Fsp3) is 0.462. The zero-order chi connectivity index (χ0) is 13.0. The molecule has 1 amide bonds. The summed E-state index contributed by atoms with van der Waals surface area (Å²) < 4.78 is 0. The van der Waals surface area contributed by atoms with Crippen LogP contribution in [-0.2, 0) is 4.79 Å². The van der Waals surface area contributed by atoms with Crippen molar-refractivity contribution < 1.29 is 4.79 Å². The van der Waals surface area contributed by atoms with Crippen LogP contribution in [0.15, 0.2) is 23.1 Å². The lowest BCUT2D eigenvalue weighted by Crippen LogP contribution is -2.29. The summed E-state index contributed by atoms with van der Waals surface area (Å²) in [6, 6.07) is 6.55. The number of thioether (sulfide) groups is 1. The number of benzene rings is 1. The minimum atomic E-state index is 0.0809. The molecule has 1 aliphatic rings. The molecule has 0 fully saturated rings. The summed E-state index contributed by atoms with van der Waals surface area (Å²) in [6.07, 6.45) is 0. The molecule has 0 spiro atoms.